The molecule has 0 aliphatic carbocycles. The minimum atomic E-state index is 0.200. The topological polar surface area (TPSA) is 46.3 Å². The highest BCUT2D eigenvalue weighted by Crippen LogP contribution is 2.24. The van der Waals surface area contributed by atoms with Crippen LogP contribution in [0.25, 0.3) is 0 Å². The first-order valence-electron chi connectivity index (χ1n) is 5.56. The van der Waals surface area contributed by atoms with Gasteiger partial charge in [-0.15, -0.1) is 0 Å². The van der Waals surface area contributed by atoms with E-state index in [-0.39, 0.29) is 5.91 Å². The lowest BCUT2D eigenvalue weighted by atomic mass is 9.89. The smallest absolute Gasteiger partial charge is 0.222 e. The normalized spacial score (nSPS) is 23.0. The van der Waals surface area contributed by atoms with Gasteiger partial charge in [-0.1, -0.05) is 26.1 Å². The third kappa shape index (κ3) is 3.78. The summed E-state index contributed by atoms with van der Waals surface area (Å²) in [5.74, 6) is 1.51. The van der Waals surface area contributed by atoms with E-state index in [1.54, 1.807) is 4.90 Å². The number of likely N-dealkylation sites (tertiary alicyclic amines) is 1. The maximum atomic E-state index is 11.7. The number of nitrogens with two attached hydrogens (primary N) is 1. The highest BCUT2D eigenvalue weighted by Gasteiger charge is 2.24. The largest absolute Gasteiger partial charge is 0.392 e. The van der Waals surface area contributed by atoms with Crippen molar-refractivity contribution in [3.63, 3.8) is 0 Å². The number of nitrogens with zero attached hydrogens (tertiary/aromatic N) is 1. The molecule has 0 spiro atoms. The van der Waals surface area contributed by atoms with Crippen LogP contribution in [0.3, 0.4) is 0 Å². The molecule has 4 heteroatoms. The zero-order valence-corrected chi connectivity index (χ0v) is 10.3. The van der Waals surface area contributed by atoms with Crippen LogP contribution in [0.4, 0.5) is 0 Å². The fourth-order valence-corrected chi connectivity index (χ4v) is 2.24. The maximum Gasteiger partial charge on any atom is 0.222 e. The Morgan fingerprint density at radius 3 is 2.80 bits per heavy atom. The molecule has 1 atom stereocenters. The van der Waals surface area contributed by atoms with E-state index in [0.717, 1.165) is 19.4 Å². The van der Waals surface area contributed by atoms with Gasteiger partial charge < -0.3 is 10.6 Å². The van der Waals surface area contributed by atoms with Crippen LogP contribution in [0, 0.1) is 11.8 Å². The molecule has 1 unspecified atom stereocenters. The molecule has 1 rings (SSSR count). The van der Waals surface area contributed by atoms with Gasteiger partial charge in [0, 0.05) is 13.0 Å². The van der Waals surface area contributed by atoms with E-state index in [1.807, 2.05) is 0 Å². The first kappa shape index (κ1) is 12.4. The second-order valence-electron chi connectivity index (χ2n) is 4.61. The summed E-state index contributed by atoms with van der Waals surface area (Å²) in [4.78, 5) is 13.9. The van der Waals surface area contributed by atoms with Crippen molar-refractivity contribution >= 4 is 23.1 Å². The van der Waals surface area contributed by atoms with E-state index in [2.05, 4.69) is 13.8 Å². The molecule has 2 N–H and O–H groups in total. The third-order valence-electron chi connectivity index (χ3n) is 3.14. The summed E-state index contributed by atoms with van der Waals surface area (Å²) in [6.07, 6.45) is 2.72. The Hall–Kier alpha value is -0.640. The Morgan fingerprint density at radius 2 is 2.27 bits per heavy atom. The monoisotopic (exact) mass is 228 g/mol. The minimum Gasteiger partial charge on any atom is -0.392 e. The van der Waals surface area contributed by atoms with E-state index in [4.69, 9.17) is 18.0 Å². The van der Waals surface area contributed by atoms with Crippen LogP contribution < -0.4 is 5.73 Å². The second-order valence-corrected chi connectivity index (χ2v) is 5.14. The molecule has 0 aromatic rings. The third-order valence-corrected chi connectivity index (χ3v) is 3.27. The lowest BCUT2D eigenvalue weighted by Gasteiger charge is -2.21. The second kappa shape index (κ2) is 5.45. The van der Waals surface area contributed by atoms with Gasteiger partial charge in [0.15, 0.2) is 0 Å². The number of hydrogen-bond donors (Lipinski definition) is 1. The van der Waals surface area contributed by atoms with Crippen LogP contribution in [0.15, 0.2) is 0 Å². The molecule has 1 fully saturated rings. The highest BCUT2D eigenvalue weighted by atomic mass is 32.1. The van der Waals surface area contributed by atoms with Gasteiger partial charge >= 0.3 is 0 Å². The standard InChI is InChI=1S/C11H20N2OS/c1-8(2)9-3-4-11(14)13(6-5-9)7-10(12)15/h8-9H,3-7H2,1-2H3,(H2,12,15). The fourth-order valence-electron chi connectivity index (χ4n) is 2.08. The van der Waals surface area contributed by atoms with Crippen molar-refractivity contribution in [3.8, 4) is 0 Å². The molecule has 0 saturated carbocycles. The van der Waals surface area contributed by atoms with Gasteiger partial charge in [-0.25, -0.2) is 0 Å². The molecule has 0 radical (unpaired) electrons. The molecule has 1 aliphatic rings. The van der Waals surface area contributed by atoms with Crippen molar-refractivity contribution in [2.75, 3.05) is 13.1 Å². The van der Waals surface area contributed by atoms with E-state index < -0.39 is 0 Å². The van der Waals surface area contributed by atoms with Gasteiger partial charge in [0.25, 0.3) is 0 Å². The van der Waals surface area contributed by atoms with Crippen molar-refractivity contribution in [2.45, 2.75) is 33.1 Å². The summed E-state index contributed by atoms with van der Waals surface area (Å²) in [7, 11) is 0. The molecule has 86 valence electrons. The summed E-state index contributed by atoms with van der Waals surface area (Å²) in [6, 6.07) is 0. The van der Waals surface area contributed by atoms with Crippen LogP contribution >= 0.6 is 12.2 Å². The number of hydrogen-bond acceptors (Lipinski definition) is 2. The SMILES string of the molecule is CC(C)C1CCC(=O)N(CC(N)=S)CC1. The van der Waals surface area contributed by atoms with Crippen molar-refractivity contribution in [2.24, 2.45) is 17.6 Å². The number of carbonyl (C=O) groups excluding carboxylic acids is 1. The number of carbonyl (C=O) groups is 1. The molecule has 3 nitrogen and oxygen atoms in total. The van der Waals surface area contributed by atoms with E-state index in [9.17, 15) is 4.79 Å². The molecular weight excluding hydrogens is 208 g/mol. The van der Waals surface area contributed by atoms with Gasteiger partial charge in [0.2, 0.25) is 5.91 Å². The molecule has 15 heavy (non-hydrogen) atoms. The first-order valence-corrected chi connectivity index (χ1v) is 5.97. The molecule has 1 saturated heterocycles. The zero-order chi connectivity index (χ0) is 11.4. The van der Waals surface area contributed by atoms with Crippen LogP contribution in [0.2, 0.25) is 0 Å². The zero-order valence-electron chi connectivity index (χ0n) is 9.53. The highest BCUT2D eigenvalue weighted by molar-refractivity contribution is 7.80. The number of rotatable bonds is 3. The Morgan fingerprint density at radius 1 is 1.60 bits per heavy atom. The summed E-state index contributed by atoms with van der Waals surface area (Å²) in [5.41, 5.74) is 5.47. The quantitative estimate of drug-likeness (QED) is 0.746. The average molecular weight is 228 g/mol. The Bertz CT molecular complexity index is 253. The molecule has 0 bridgehead atoms. The van der Waals surface area contributed by atoms with E-state index >= 15 is 0 Å². The molecule has 1 heterocycles. The van der Waals surface area contributed by atoms with Gasteiger partial charge in [0.05, 0.1) is 11.5 Å². The molecule has 1 aliphatic heterocycles. The molecule has 0 aromatic heterocycles. The first-order chi connectivity index (χ1) is 7.00. The van der Waals surface area contributed by atoms with Crippen molar-refractivity contribution in [1.82, 2.24) is 4.90 Å². The van der Waals surface area contributed by atoms with Gasteiger partial charge in [-0.3, -0.25) is 4.79 Å². The van der Waals surface area contributed by atoms with E-state index in [0.29, 0.717) is 29.8 Å². The minimum absolute atomic E-state index is 0.200. The predicted molar refractivity (Wildman–Crippen MR) is 65.5 cm³/mol. The lowest BCUT2D eigenvalue weighted by molar-refractivity contribution is -0.129. The summed E-state index contributed by atoms with van der Waals surface area (Å²) in [6.45, 7) is 5.69. The van der Waals surface area contributed by atoms with Crippen LogP contribution in [0.1, 0.15) is 33.1 Å². The summed E-state index contributed by atoms with van der Waals surface area (Å²) < 4.78 is 0. The summed E-state index contributed by atoms with van der Waals surface area (Å²) >= 11 is 4.84. The van der Waals surface area contributed by atoms with Gasteiger partial charge in [-0.05, 0) is 24.7 Å². The molecular formula is C11H20N2OS. The van der Waals surface area contributed by atoms with Crippen LogP contribution in [0.5, 0.6) is 0 Å². The lowest BCUT2D eigenvalue weighted by Crippen LogP contribution is -2.37. The van der Waals surface area contributed by atoms with Gasteiger partial charge in [0.1, 0.15) is 0 Å². The molecule has 1 amide bonds. The number of thiocarbonyl (C=S) groups is 1. The van der Waals surface area contributed by atoms with Crippen LogP contribution in [-0.2, 0) is 4.79 Å². The van der Waals surface area contributed by atoms with E-state index in [1.165, 1.54) is 0 Å². The fraction of sp³-hybridized carbons (Fsp3) is 0.818. The van der Waals surface area contributed by atoms with Gasteiger partial charge in [-0.2, -0.15) is 0 Å². The van der Waals surface area contributed by atoms with Crippen LogP contribution in [-0.4, -0.2) is 28.9 Å². The molecule has 0 aromatic carbocycles. The summed E-state index contributed by atoms with van der Waals surface area (Å²) in [5, 5.41) is 0. The number of amides is 1. The average Bonchev–Trinajstić information content (AvgIpc) is 2.29. The van der Waals surface area contributed by atoms with Crippen molar-refractivity contribution < 1.29 is 4.79 Å². The van der Waals surface area contributed by atoms with Crippen molar-refractivity contribution in [1.29, 1.82) is 0 Å². The predicted octanol–water partition coefficient (Wildman–Crippen LogP) is 1.56. The Kier molecular flexibility index (Phi) is 4.51. The maximum absolute atomic E-state index is 11.7. The Balaban J connectivity index is 2.55. The van der Waals surface area contributed by atoms with Crippen molar-refractivity contribution in [3.05, 3.63) is 0 Å². The Labute approximate surface area is 97.0 Å².